The maximum Gasteiger partial charge on any atom is 0.412 e. The van der Waals surface area contributed by atoms with Crippen LogP contribution in [-0.4, -0.2) is 94.0 Å². The van der Waals surface area contributed by atoms with Crippen molar-refractivity contribution in [1.29, 1.82) is 0 Å². The fourth-order valence-corrected chi connectivity index (χ4v) is 13.2. The second kappa shape index (κ2) is 18.4. The summed E-state index contributed by atoms with van der Waals surface area (Å²) in [7, 11) is 4.72. The SMILES string of the molecule is COc1ccc(C[C@H]2COC(=O)[C@@H]2Cc2ccc(OC(=O)NC3CCN([C@H]4CC[C@@H](C(=O)OC(C)OC(=O)NC56CC7CC(C)(CC(C)(C7)C5)C6)CC4)CC3)c(OC)c2)cc1OC. The lowest BCUT2D eigenvalue weighted by molar-refractivity contribution is -0.172. The summed E-state index contributed by atoms with van der Waals surface area (Å²) in [4.78, 5) is 54.6. The van der Waals surface area contributed by atoms with Crippen LogP contribution in [-0.2, 0) is 36.6 Å². The first-order valence-electron chi connectivity index (χ1n) is 23.1. The lowest BCUT2D eigenvalue weighted by Crippen LogP contribution is -2.65. The zero-order valence-corrected chi connectivity index (χ0v) is 38.0. The van der Waals surface area contributed by atoms with E-state index in [1.54, 1.807) is 27.2 Å². The third-order valence-corrected chi connectivity index (χ3v) is 15.1. The van der Waals surface area contributed by atoms with E-state index in [9.17, 15) is 19.2 Å². The van der Waals surface area contributed by atoms with E-state index >= 15 is 0 Å². The Kier molecular flexibility index (Phi) is 13.1. The maximum atomic E-state index is 13.2. The monoisotopic (exact) mass is 873 g/mol. The van der Waals surface area contributed by atoms with Crippen molar-refractivity contribution in [1.82, 2.24) is 15.5 Å². The molecule has 0 radical (unpaired) electrons. The Hall–Kier alpha value is -4.72. The zero-order valence-electron chi connectivity index (χ0n) is 38.0. The minimum atomic E-state index is -0.950. The summed E-state index contributed by atoms with van der Waals surface area (Å²) in [5, 5.41) is 6.28. The van der Waals surface area contributed by atoms with E-state index in [0.717, 1.165) is 82.0 Å². The molecule has 2 heterocycles. The molecule has 0 spiro atoms. The van der Waals surface area contributed by atoms with E-state index in [1.165, 1.54) is 26.4 Å². The van der Waals surface area contributed by atoms with Crippen LogP contribution in [0.3, 0.4) is 0 Å². The van der Waals surface area contributed by atoms with Crippen molar-refractivity contribution in [2.75, 3.05) is 41.0 Å². The van der Waals surface area contributed by atoms with Crippen molar-refractivity contribution < 1.29 is 52.3 Å². The molecule has 0 aromatic heterocycles. The molecule has 63 heavy (non-hydrogen) atoms. The summed E-state index contributed by atoms with van der Waals surface area (Å²) in [5.74, 6) is 1.53. The van der Waals surface area contributed by atoms with Crippen LogP contribution >= 0.6 is 0 Å². The number of hydrogen-bond donors (Lipinski definition) is 2. The summed E-state index contributed by atoms with van der Waals surface area (Å²) in [5.41, 5.74) is 2.21. The van der Waals surface area contributed by atoms with Crippen LogP contribution in [0.1, 0.15) is 109 Å². The molecule has 5 atom stereocenters. The van der Waals surface area contributed by atoms with Gasteiger partial charge in [0.15, 0.2) is 23.0 Å². The van der Waals surface area contributed by atoms with Crippen molar-refractivity contribution in [2.45, 2.75) is 135 Å². The van der Waals surface area contributed by atoms with Gasteiger partial charge in [0, 0.05) is 43.6 Å². The predicted octanol–water partition coefficient (Wildman–Crippen LogP) is 7.76. The third-order valence-electron chi connectivity index (χ3n) is 15.1. The van der Waals surface area contributed by atoms with Gasteiger partial charge in [-0.25, -0.2) is 9.59 Å². The summed E-state index contributed by atoms with van der Waals surface area (Å²) < 4.78 is 39.0. The molecule has 2 saturated heterocycles. The molecule has 5 saturated carbocycles. The van der Waals surface area contributed by atoms with E-state index in [0.29, 0.717) is 54.4 Å². The summed E-state index contributed by atoms with van der Waals surface area (Å²) in [6.07, 6.45) is 10.6. The molecule has 2 aliphatic heterocycles. The van der Waals surface area contributed by atoms with Gasteiger partial charge in [-0.15, -0.1) is 0 Å². The molecule has 2 aromatic carbocycles. The lowest BCUT2D eigenvalue weighted by atomic mass is 9.43. The number of hydrogen-bond acceptors (Lipinski definition) is 12. The molecule has 9 rings (SSSR count). The van der Waals surface area contributed by atoms with Gasteiger partial charge in [-0.2, -0.15) is 0 Å². The molecule has 14 heteroatoms. The van der Waals surface area contributed by atoms with Gasteiger partial charge in [-0.05, 0) is 142 Å². The van der Waals surface area contributed by atoms with Crippen LogP contribution in [0.4, 0.5) is 9.59 Å². The number of nitrogens with zero attached hydrogens (tertiary/aromatic N) is 1. The normalized spacial score (nSPS) is 32.0. The number of rotatable bonds is 14. The van der Waals surface area contributed by atoms with Gasteiger partial charge in [-0.1, -0.05) is 26.0 Å². The van der Waals surface area contributed by atoms with Gasteiger partial charge in [0.25, 0.3) is 0 Å². The van der Waals surface area contributed by atoms with Crippen molar-refractivity contribution in [3.63, 3.8) is 0 Å². The Balaban J connectivity index is 0.741. The number of benzene rings is 2. The first-order valence-corrected chi connectivity index (χ1v) is 23.1. The highest BCUT2D eigenvalue weighted by molar-refractivity contribution is 5.76. The average Bonchev–Trinajstić information content (AvgIpc) is 3.56. The van der Waals surface area contributed by atoms with E-state index in [2.05, 4.69) is 29.4 Å². The topological polar surface area (TPSA) is 160 Å². The van der Waals surface area contributed by atoms with Gasteiger partial charge in [0.1, 0.15) is 0 Å². The quantitative estimate of drug-likeness (QED) is 0.141. The number of nitrogens with one attached hydrogen (secondary N) is 2. The smallest absolute Gasteiger partial charge is 0.412 e. The van der Waals surface area contributed by atoms with Gasteiger partial charge < -0.3 is 48.7 Å². The number of carbonyl (C=O) groups is 4. The fraction of sp³-hybridized carbons (Fsp3) is 0.673. The van der Waals surface area contributed by atoms with Crippen LogP contribution in [0, 0.1) is 34.5 Å². The van der Waals surface area contributed by atoms with E-state index in [4.69, 9.17) is 33.2 Å². The van der Waals surface area contributed by atoms with Crippen LogP contribution < -0.4 is 29.6 Å². The molecule has 14 nitrogen and oxygen atoms in total. The standard InChI is InChI=1S/C49H67N3O11/c1-30(62-46(56)51-49-25-33-23-47(2,28-49)27-48(3,24-33)29-49)61-43(53)34-9-11-37(12-10-34)52-17-15-36(16-18-52)50-45(55)63-40-14-8-32(22-42(40)59-6)20-38-35(26-60-44(38)54)19-31-7-13-39(57-4)41(21-31)58-5/h7-8,13-14,21-22,30,33-38H,9-12,15-20,23-29H2,1-6H3,(H,50,55)(H,51,56)/t30?,33?,34-,35-,37+,38+,47?,48?,49?/m0/s1. The van der Waals surface area contributed by atoms with Gasteiger partial charge in [0.2, 0.25) is 6.29 Å². The van der Waals surface area contributed by atoms with E-state index in [1.807, 2.05) is 30.3 Å². The zero-order chi connectivity index (χ0) is 44.5. The van der Waals surface area contributed by atoms with Crippen molar-refractivity contribution in [3.05, 3.63) is 47.5 Å². The molecule has 2 N–H and O–H groups in total. The van der Waals surface area contributed by atoms with E-state index in [-0.39, 0.29) is 52.1 Å². The number of carbonyl (C=O) groups excluding carboxylic acids is 4. The Labute approximate surface area is 371 Å². The Morgan fingerprint density at radius 2 is 1.38 bits per heavy atom. The highest BCUT2D eigenvalue weighted by atomic mass is 16.7. The summed E-state index contributed by atoms with van der Waals surface area (Å²) in [6.45, 7) is 8.37. The van der Waals surface area contributed by atoms with Gasteiger partial charge in [-0.3, -0.25) is 9.59 Å². The van der Waals surface area contributed by atoms with Crippen molar-refractivity contribution >= 4 is 24.1 Å². The van der Waals surface area contributed by atoms with Crippen LogP contribution in [0.2, 0.25) is 0 Å². The first kappa shape index (κ1) is 44.9. The maximum absolute atomic E-state index is 13.2. The number of alkyl carbamates (subject to hydrolysis) is 1. The number of likely N-dealkylation sites (tertiary alicyclic amines) is 1. The average molecular weight is 874 g/mol. The molecule has 5 aliphatic carbocycles. The molecule has 7 fully saturated rings. The number of esters is 2. The summed E-state index contributed by atoms with van der Waals surface area (Å²) in [6, 6.07) is 11.5. The highest BCUT2D eigenvalue weighted by Gasteiger charge is 2.60. The minimum Gasteiger partial charge on any atom is -0.493 e. The number of amides is 2. The molecular weight excluding hydrogens is 807 g/mol. The Bertz CT molecular complexity index is 1990. The second-order valence-electron chi connectivity index (χ2n) is 20.4. The minimum absolute atomic E-state index is 0.0199. The molecule has 2 aromatic rings. The predicted molar refractivity (Wildman–Crippen MR) is 233 cm³/mol. The summed E-state index contributed by atoms with van der Waals surface area (Å²) >= 11 is 0. The van der Waals surface area contributed by atoms with Gasteiger partial charge in [0.05, 0.1) is 39.8 Å². The second-order valence-corrected chi connectivity index (χ2v) is 20.4. The molecule has 7 aliphatic rings. The van der Waals surface area contributed by atoms with Crippen LogP contribution in [0.15, 0.2) is 36.4 Å². The third kappa shape index (κ3) is 10.3. The molecule has 2 amide bonds. The molecule has 4 bridgehead atoms. The first-order chi connectivity index (χ1) is 30.1. The largest absolute Gasteiger partial charge is 0.493 e. The molecule has 3 unspecified atom stereocenters. The fourth-order valence-electron chi connectivity index (χ4n) is 13.2. The van der Waals surface area contributed by atoms with Crippen LogP contribution in [0.25, 0.3) is 0 Å². The van der Waals surface area contributed by atoms with Crippen molar-refractivity contribution in [2.24, 2.45) is 34.5 Å². The molecular formula is C49H67N3O11. The number of ether oxygens (including phenoxy) is 7. The van der Waals surface area contributed by atoms with Crippen LogP contribution in [0.5, 0.6) is 23.0 Å². The Morgan fingerprint density at radius 1 is 0.762 bits per heavy atom. The highest BCUT2D eigenvalue weighted by Crippen LogP contribution is 2.66. The number of cyclic esters (lactones) is 1. The molecule has 344 valence electrons. The Morgan fingerprint density at radius 3 is 2.02 bits per heavy atom. The van der Waals surface area contributed by atoms with E-state index < -0.39 is 18.5 Å². The lowest BCUT2D eigenvalue weighted by Gasteiger charge is -2.65. The number of piperidine rings is 1. The van der Waals surface area contributed by atoms with Crippen molar-refractivity contribution in [3.8, 4) is 23.0 Å². The number of methoxy groups -OCH3 is 3. The van der Waals surface area contributed by atoms with Gasteiger partial charge >= 0.3 is 24.1 Å².